The average molecular weight is 990 g/mol. The summed E-state index contributed by atoms with van der Waals surface area (Å²) in [6, 6.07) is 0. The Bertz CT molecular complexity index is 1700. The molecule has 1 unspecified atom stereocenters. The predicted octanol–water partition coefficient (Wildman–Crippen LogP) is 19.1. The van der Waals surface area contributed by atoms with Gasteiger partial charge in [0, 0.05) is 19.3 Å². The zero-order valence-corrected chi connectivity index (χ0v) is 45.6. The van der Waals surface area contributed by atoms with Crippen molar-refractivity contribution in [2.75, 3.05) is 13.2 Å². The third kappa shape index (κ3) is 55.7. The lowest BCUT2D eigenvalue weighted by Crippen LogP contribution is -2.30. The van der Waals surface area contributed by atoms with Gasteiger partial charge in [0.1, 0.15) is 13.2 Å². The molecule has 0 aromatic heterocycles. The quantitative estimate of drug-likeness (QED) is 0.0199. The molecular weight excluding hydrogens is 889 g/mol. The van der Waals surface area contributed by atoms with Crippen molar-refractivity contribution in [1.82, 2.24) is 0 Å². The van der Waals surface area contributed by atoms with E-state index >= 15 is 0 Å². The lowest BCUT2D eigenvalue weighted by atomic mass is 10.1. The topological polar surface area (TPSA) is 78.9 Å². The van der Waals surface area contributed by atoms with Gasteiger partial charge in [-0.3, -0.25) is 14.4 Å². The molecule has 0 bridgehead atoms. The predicted molar refractivity (Wildman–Crippen MR) is 311 cm³/mol. The van der Waals surface area contributed by atoms with Crippen LogP contribution in [-0.2, 0) is 28.6 Å². The largest absolute Gasteiger partial charge is 0.462 e. The van der Waals surface area contributed by atoms with Gasteiger partial charge in [-0.05, 0) is 83.5 Å². The molecule has 6 nitrogen and oxygen atoms in total. The molecule has 0 saturated heterocycles. The zero-order chi connectivity index (χ0) is 52.2. The molecule has 0 spiro atoms. The standard InChI is InChI=1S/C66H100O6/c1-4-7-10-13-16-19-22-25-28-31-33-36-38-41-44-47-50-53-56-59-65(68)71-62-63(61-70-64(67)58-55-52-49-46-43-40-37-34-30-27-24-21-18-15-12-9-6-3)72-66(69)60-57-54-51-48-45-42-39-35-32-29-26-23-20-17-14-11-8-5-2/h7,9-10,12-13,15-16,18-19,21-22,24-25,27-28,30-31,33-41,43-44,63H,4-6,8,11,14,17,20,23,26,29,32,42,45-62H2,1-3H3/b10-7-,12-9-,16-13-,18-15-,22-19-,24-21-,28-25-,30-27-,33-31+,37-34+,38-36-,39-35-,43-40-,44-41-. The Hall–Kier alpha value is -5.23. The van der Waals surface area contributed by atoms with Crippen molar-refractivity contribution in [3.8, 4) is 0 Å². The van der Waals surface area contributed by atoms with Crippen molar-refractivity contribution in [3.05, 3.63) is 170 Å². The number of carbonyl (C=O) groups is 3. The van der Waals surface area contributed by atoms with Crippen LogP contribution in [-0.4, -0.2) is 37.2 Å². The molecule has 6 heteroatoms. The Morgan fingerprint density at radius 3 is 0.903 bits per heavy atom. The van der Waals surface area contributed by atoms with Crippen molar-refractivity contribution in [2.45, 2.75) is 213 Å². The first-order valence-electron chi connectivity index (χ1n) is 28.3. The van der Waals surface area contributed by atoms with Crippen LogP contribution >= 0.6 is 0 Å². The van der Waals surface area contributed by atoms with Crippen LogP contribution in [0.3, 0.4) is 0 Å². The molecule has 0 aliphatic heterocycles. The lowest BCUT2D eigenvalue weighted by Gasteiger charge is -2.18. The Balaban J connectivity index is 4.63. The average Bonchev–Trinajstić information content (AvgIpc) is 3.38. The first-order chi connectivity index (χ1) is 35.5. The normalized spacial score (nSPS) is 13.4. The molecule has 0 fully saturated rings. The maximum atomic E-state index is 12.9. The van der Waals surface area contributed by atoms with Gasteiger partial charge < -0.3 is 14.2 Å². The van der Waals surface area contributed by atoms with Crippen LogP contribution in [0, 0.1) is 0 Å². The smallest absolute Gasteiger partial charge is 0.306 e. The van der Waals surface area contributed by atoms with E-state index in [0.717, 1.165) is 83.5 Å². The van der Waals surface area contributed by atoms with Gasteiger partial charge in [-0.15, -0.1) is 0 Å². The van der Waals surface area contributed by atoms with Gasteiger partial charge in [0.15, 0.2) is 6.10 Å². The van der Waals surface area contributed by atoms with Gasteiger partial charge in [-0.1, -0.05) is 274 Å². The maximum absolute atomic E-state index is 12.9. The molecule has 0 heterocycles. The summed E-state index contributed by atoms with van der Waals surface area (Å²) >= 11 is 0. The fourth-order valence-electron chi connectivity index (χ4n) is 7.10. The summed E-state index contributed by atoms with van der Waals surface area (Å²) in [6.07, 6.45) is 86.2. The fraction of sp³-hybridized carbons (Fsp3) is 0.530. The number of ether oxygens (including phenoxy) is 3. The summed E-state index contributed by atoms with van der Waals surface area (Å²) in [6.45, 7) is 6.25. The minimum atomic E-state index is -0.831. The second-order valence-corrected chi connectivity index (χ2v) is 18.1. The first-order valence-corrected chi connectivity index (χ1v) is 28.3. The Kier molecular flexibility index (Phi) is 54.1. The Labute approximate surface area is 441 Å². The van der Waals surface area contributed by atoms with Gasteiger partial charge in [0.05, 0.1) is 0 Å². The van der Waals surface area contributed by atoms with Gasteiger partial charge in [-0.25, -0.2) is 0 Å². The molecule has 0 aliphatic rings. The summed E-state index contributed by atoms with van der Waals surface area (Å²) in [5, 5.41) is 0. The third-order valence-corrected chi connectivity index (χ3v) is 11.3. The van der Waals surface area contributed by atoms with Crippen LogP contribution in [0.25, 0.3) is 0 Å². The van der Waals surface area contributed by atoms with Crippen LogP contribution in [0.1, 0.15) is 207 Å². The van der Waals surface area contributed by atoms with E-state index in [1.54, 1.807) is 0 Å². The van der Waals surface area contributed by atoms with E-state index in [2.05, 4.69) is 57.2 Å². The highest BCUT2D eigenvalue weighted by molar-refractivity contribution is 5.71. The number of hydrogen-bond acceptors (Lipinski definition) is 6. The highest BCUT2D eigenvalue weighted by atomic mass is 16.6. The SMILES string of the molecule is CC\C=C/C=C\C=C/C=C\C=C\C=C/C=C\CCCCCC(=O)OCC(COC(=O)CCCCC\C=C/C=C/C=C\C=C/C=C\C=C/CC)OC(=O)CCCCCCC/C=C\CCCCCCCCCCC. The van der Waals surface area contributed by atoms with Crippen LogP contribution in [0.2, 0.25) is 0 Å². The lowest BCUT2D eigenvalue weighted by molar-refractivity contribution is -0.167. The highest BCUT2D eigenvalue weighted by Gasteiger charge is 2.19. The number of allylic oxidation sites excluding steroid dienone is 28. The number of carbonyl (C=O) groups excluding carboxylic acids is 3. The molecule has 0 aromatic carbocycles. The monoisotopic (exact) mass is 989 g/mol. The van der Waals surface area contributed by atoms with Gasteiger partial charge in [-0.2, -0.15) is 0 Å². The summed E-state index contributed by atoms with van der Waals surface area (Å²) in [5.74, 6) is -1.03. The van der Waals surface area contributed by atoms with E-state index in [4.69, 9.17) is 14.2 Å². The van der Waals surface area contributed by atoms with E-state index in [1.165, 1.54) is 70.6 Å². The van der Waals surface area contributed by atoms with E-state index in [1.807, 2.05) is 134 Å². The molecule has 72 heavy (non-hydrogen) atoms. The number of rotatable bonds is 48. The molecule has 400 valence electrons. The van der Waals surface area contributed by atoms with Crippen molar-refractivity contribution < 1.29 is 28.6 Å². The van der Waals surface area contributed by atoms with E-state index in [9.17, 15) is 14.4 Å². The second kappa shape index (κ2) is 58.3. The number of hydrogen-bond donors (Lipinski definition) is 0. The third-order valence-electron chi connectivity index (χ3n) is 11.3. The Morgan fingerprint density at radius 1 is 0.292 bits per heavy atom. The molecule has 0 rings (SSSR count). The van der Waals surface area contributed by atoms with E-state index in [-0.39, 0.29) is 50.4 Å². The van der Waals surface area contributed by atoms with Crippen molar-refractivity contribution in [1.29, 1.82) is 0 Å². The van der Waals surface area contributed by atoms with Crippen molar-refractivity contribution >= 4 is 17.9 Å². The van der Waals surface area contributed by atoms with Crippen LogP contribution < -0.4 is 0 Å². The molecule has 0 amide bonds. The van der Waals surface area contributed by atoms with Crippen LogP contribution in [0.15, 0.2) is 170 Å². The molecule has 0 saturated carbocycles. The molecule has 1 atom stereocenters. The van der Waals surface area contributed by atoms with Crippen molar-refractivity contribution in [3.63, 3.8) is 0 Å². The summed E-state index contributed by atoms with van der Waals surface area (Å²) in [5.41, 5.74) is 0. The number of unbranched alkanes of at least 4 members (excludes halogenated alkanes) is 20. The van der Waals surface area contributed by atoms with Gasteiger partial charge in [0.2, 0.25) is 0 Å². The van der Waals surface area contributed by atoms with Crippen molar-refractivity contribution in [2.24, 2.45) is 0 Å². The van der Waals surface area contributed by atoms with Crippen LogP contribution in [0.4, 0.5) is 0 Å². The minimum absolute atomic E-state index is 0.128. The zero-order valence-electron chi connectivity index (χ0n) is 45.6. The summed E-state index contributed by atoms with van der Waals surface area (Å²) in [7, 11) is 0. The first kappa shape index (κ1) is 66.8. The van der Waals surface area contributed by atoms with Gasteiger partial charge >= 0.3 is 17.9 Å². The Morgan fingerprint density at radius 2 is 0.556 bits per heavy atom. The van der Waals surface area contributed by atoms with Crippen LogP contribution in [0.5, 0.6) is 0 Å². The molecule has 0 aliphatic carbocycles. The summed E-state index contributed by atoms with van der Waals surface area (Å²) < 4.78 is 16.8. The van der Waals surface area contributed by atoms with Gasteiger partial charge in [0.25, 0.3) is 0 Å². The van der Waals surface area contributed by atoms with E-state index < -0.39 is 6.10 Å². The highest BCUT2D eigenvalue weighted by Crippen LogP contribution is 2.13. The molecular formula is C66H100O6. The number of esters is 3. The second-order valence-electron chi connectivity index (χ2n) is 18.1. The maximum Gasteiger partial charge on any atom is 0.306 e. The van der Waals surface area contributed by atoms with E-state index in [0.29, 0.717) is 12.8 Å². The molecule has 0 aromatic rings. The molecule has 0 radical (unpaired) electrons. The fourth-order valence-corrected chi connectivity index (χ4v) is 7.10. The summed E-state index contributed by atoms with van der Waals surface area (Å²) in [4.78, 5) is 38.2. The minimum Gasteiger partial charge on any atom is -0.462 e. The molecule has 0 N–H and O–H groups in total.